The molecule has 122 valence electrons. The summed E-state index contributed by atoms with van der Waals surface area (Å²) in [6.45, 7) is 0.731. The zero-order chi connectivity index (χ0) is 16.4. The first-order valence-electron chi connectivity index (χ1n) is 8.17. The lowest BCUT2D eigenvalue weighted by molar-refractivity contribution is -0.109. The number of rotatable bonds is 10. The third-order valence-electron chi connectivity index (χ3n) is 4.40. The monoisotopic (exact) mass is 421 g/mol. The molecule has 2 aromatic carbocycles. The second kappa shape index (κ2) is 9.71. The lowest BCUT2D eigenvalue weighted by Gasteiger charge is -2.35. The second-order valence-electron chi connectivity index (χ2n) is 5.78. The van der Waals surface area contributed by atoms with Crippen molar-refractivity contribution in [1.29, 1.82) is 0 Å². The minimum absolute atomic E-state index is 0.0260. The molecule has 0 saturated carbocycles. The van der Waals surface area contributed by atoms with Crippen LogP contribution in [0.2, 0.25) is 0 Å². The summed E-state index contributed by atoms with van der Waals surface area (Å²) in [6.07, 6.45) is 5.12. The molecule has 3 heteroatoms. The molecule has 2 nitrogen and oxygen atoms in total. The molecule has 2 aromatic rings. The summed E-state index contributed by atoms with van der Waals surface area (Å²) in [6, 6.07) is 21.6. The molecule has 0 bridgehead atoms. The molecule has 0 saturated heterocycles. The molecule has 23 heavy (non-hydrogen) atoms. The van der Waals surface area contributed by atoms with Crippen molar-refractivity contribution in [2.24, 2.45) is 0 Å². The SMILES string of the molecule is O=CNCCCC(CCCI)(c1ccccc1)c1ccccc1. The average Bonchev–Trinajstić information content (AvgIpc) is 2.63. The third kappa shape index (κ3) is 4.80. The number of hydrogen-bond acceptors (Lipinski definition) is 1. The number of nitrogens with one attached hydrogen (secondary N) is 1. The molecule has 0 radical (unpaired) electrons. The van der Waals surface area contributed by atoms with E-state index in [0.717, 1.165) is 36.6 Å². The highest BCUT2D eigenvalue weighted by atomic mass is 127. The van der Waals surface area contributed by atoms with E-state index in [0.29, 0.717) is 0 Å². The Morgan fingerprint density at radius 1 is 0.870 bits per heavy atom. The molecular weight excluding hydrogens is 397 g/mol. The Kier molecular flexibility index (Phi) is 7.59. The van der Waals surface area contributed by atoms with E-state index < -0.39 is 0 Å². The molecule has 0 aromatic heterocycles. The summed E-state index contributed by atoms with van der Waals surface area (Å²) in [5.41, 5.74) is 2.78. The Balaban J connectivity index is 2.38. The quantitative estimate of drug-likeness (QED) is 0.256. The first kappa shape index (κ1) is 18.0. The van der Waals surface area contributed by atoms with Crippen molar-refractivity contribution in [2.75, 3.05) is 11.0 Å². The van der Waals surface area contributed by atoms with E-state index in [1.165, 1.54) is 17.5 Å². The summed E-state index contributed by atoms with van der Waals surface area (Å²) in [4.78, 5) is 10.5. The number of benzene rings is 2. The number of carbonyl (C=O) groups is 1. The van der Waals surface area contributed by atoms with E-state index in [9.17, 15) is 4.79 Å². The normalized spacial score (nSPS) is 11.2. The molecule has 0 aliphatic carbocycles. The zero-order valence-corrected chi connectivity index (χ0v) is 15.5. The molecule has 0 aliphatic rings. The minimum Gasteiger partial charge on any atom is -0.359 e. The molecule has 0 fully saturated rings. The average molecular weight is 421 g/mol. The molecule has 0 aliphatic heterocycles. The van der Waals surface area contributed by atoms with Crippen molar-refractivity contribution < 1.29 is 4.79 Å². The Labute approximate surface area is 152 Å². The Morgan fingerprint density at radius 3 is 1.87 bits per heavy atom. The first-order chi connectivity index (χ1) is 11.3. The molecule has 0 atom stereocenters. The van der Waals surface area contributed by atoms with Gasteiger partial charge in [0.2, 0.25) is 6.41 Å². The van der Waals surface area contributed by atoms with Gasteiger partial charge in [0.05, 0.1) is 0 Å². The van der Waals surface area contributed by atoms with Gasteiger partial charge in [-0.2, -0.15) is 0 Å². The highest BCUT2D eigenvalue weighted by Crippen LogP contribution is 2.41. The number of amides is 1. The van der Waals surface area contributed by atoms with Gasteiger partial charge >= 0.3 is 0 Å². The van der Waals surface area contributed by atoms with Crippen LogP contribution < -0.4 is 5.32 Å². The fraction of sp³-hybridized carbons (Fsp3) is 0.350. The predicted molar refractivity (Wildman–Crippen MR) is 105 cm³/mol. The Bertz CT molecular complexity index is 531. The van der Waals surface area contributed by atoms with Gasteiger partial charge in [0.25, 0.3) is 0 Å². The highest BCUT2D eigenvalue weighted by molar-refractivity contribution is 14.1. The zero-order valence-electron chi connectivity index (χ0n) is 13.4. The van der Waals surface area contributed by atoms with Crippen LogP contribution in [0.4, 0.5) is 0 Å². The van der Waals surface area contributed by atoms with Crippen molar-refractivity contribution >= 4 is 29.0 Å². The van der Waals surface area contributed by atoms with Crippen molar-refractivity contribution in [2.45, 2.75) is 31.1 Å². The van der Waals surface area contributed by atoms with Crippen molar-refractivity contribution in [3.8, 4) is 0 Å². The van der Waals surface area contributed by atoms with E-state index >= 15 is 0 Å². The van der Waals surface area contributed by atoms with Crippen LogP contribution in [0.5, 0.6) is 0 Å². The van der Waals surface area contributed by atoms with Gasteiger partial charge in [-0.25, -0.2) is 0 Å². The second-order valence-corrected chi connectivity index (χ2v) is 6.86. The van der Waals surface area contributed by atoms with Crippen molar-refractivity contribution in [1.82, 2.24) is 5.32 Å². The largest absolute Gasteiger partial charge is 0.359 e. The summed E-state index contributed by atoms with van der Waals surface area (Å²) in [7, 11) is 0. The molecular formula is C20H24INO. The van der Waals surface area contributed by atoms with Crippen molar-refractivity contribution in [3.05, 3.63) is 71.8 Å². The maximum atomic E-state index is 10.5. The topological polar surface area (TPSA) is 29.1 Å². The maximum absolute atomic E-state index is 10.5. The van der Waals surface area contributed by atoms with Gasteiger partial charge in [-0.15, -0.1) is 0 Å². The standard InChI is InChI=1S/C20H24INO/c21-15-7-13-20(14-8-16-22-17-23,18-9-3-1-4-10-18)19-11-5-2-6-12-19/h1-6,9-12,17H,7-8,13-16H2,(H,22,23). The maximum Gasteiger partial charge on any atom is 0.207 e. The van der Waals surface area contributed by atoms with Gasteiger partial charge in [-0.05, 0) is 41.2 Å². The fourth-order valence-corrected chi connectivity index (χ4v) is 3.68. The lowest BCUT2D eigenvalue weighted by Crippen LogP contribution is -2.29. The number of alkyl halides is 1. The highest BCUT2D eigenvalue weighted by Gasteiger charge is 2.32. The number of halogens is 1. The van der Waals surface area contributed by atoms with Crippen LogP contribution in [0.1, 0.15) is 36.8 Å². The van der Waals surface area contributed by atoms with Crippen molar-refractivity contribution in [3.63, 3.8) is 0 Å². The molecule has 0 heterocycles. The Morgan fingerprint density at radius 2 is 1.39 bits per heavy atom. The van der Waals surface area contributed by atoms with Crippen LogP contribution in [0, 0.1) is 0 Å². The van der Waals surface area contributed by atoms with E-state index in [4.69, 9.17) is 0 Å². The van der Waals surface area contributed by atoms with Gasteiger partial charge in [0, 0.05) is 12.0 Å². The lowest BCUT2D eigenvalue weighted by atomic mass is 9.68. The van der Waals surface area contributed by atoms with E-state index in [-0.39, 0.29) is 5.41 Å². The molecule has 1 amide bonds. The smallest absolute Gasteiger partial charge is 0.207 e. The number of hydrogen-bond donors (Lipinski definition) is 1. The van der Waals surface area contributed by atoms with Gasteiger partial charge in [0.15, 0.2) is 0 Å². The van der Waals surface area contributed by atoms with Gasteiger partial charge in [-0.1, -0.05) is 83.3 Å². The van der Waals surface area contributed by atoms with Gasteiger partial charge in [-0.3, -0.25) is 4.79 Å². The van der Waals surface area contributed by atoms with Crippen LogP contribution in [-0.2, 0) is 10.2 Å². The summed E-state index contributed by atoms with van der Waals surface area (Å²) in [5.74, 6) is 0. The van der Waals surface area contributed by atoms with Gasteiger partial charge in [0.1, 0.15) is 0 Å². The summed E-state index contributed by atoms with van der Waals surface area (Å²) in [5, 5.41) is 2.80. The third-order valence-corrected chi connectivity index (χ3v) is 5.16. The molecule has 1 N–H and O–H groups in total. The van der Waals surface area contributed by atoms with Crippen LogP contribution in [-0.4, -0.2) is 17.4 Å². The van der Waals surface area contributed by atoms with E-state index in [1.54, 1.807) is 0 Å². The number of carbonyl (C=O) groups excluding carboxylic acids is 1. The van der Waals surface area contributed by atoms with E-state index in [1.807, 2.05) is 0 Å². The minimum atomic E-state index is 0.0260. The van der Waals surface area contributed by atoms with Crippen LogP contribution >= 0.6 is 22.6 Å². The van der Waals surface area contributed by atoms with Crippen LogP contribution in [0.15, 0.2) is 60.7 Å². The van der Waals surface area contributed by atoms with Crippen LogP contribution in [0.25, 0.3) is 0 Å². The van der Waals surface area contributed by atoms with Gasteiger partial charge < -0.3 is 5.32 Å². The summed E-state index contributed by atoms with van der Waals surface area (Å²) >= 11 is 2.46. The Hall–Kier alpha value is -1.36. The summed E-state index contributed by atoms with van der Waals surface area (Å²) < 4.78 is 1.16. The molecule has 0 spiro atoms. The molecule has 2 rings (SSSR count). The fourth-order valence-electron chi connectivity index (χ4n) is 3.30. The van der Waals surface area contributed by atoms with Crippen LogP contribution in [0.3, 0.4) is 0 Å². The molecule has 0 unspecified atom stereocenters. The first-order valence-corrected chi connectivity index (χ1v) is 9.70. The van der Waals surface area contributed by atoms with E-state index in [2.05, 4.69) is 88.6 Å². The predicted octanol–water partition coefficient (Wildman–Crippen LogP) is 4.71.